The molecule has 34 heavy (non-hydrogen) atoms. The summed E-state index contributed by atoms with van der Waals surface area (Å²) in [5.41, 5.74) is 4.13. The first-order valence-electron chi connectivity index (χ1n) is 11.2. The zero-order chi connectivity index (χ0) is 24.0. The molecule has 8 nitrogen and oxygen atoms in total. The maximum Gasteiger partial charge on any atom is 0.265 e. The van der Waals surface area contributed by atoms with Gasteiger partial charge in [-0.2, -0.15) is 10.2 Å². The first-order chi connectivity index (χ1) is 16.7. The average Bonchev–Trinajstić information content (AvgIpc) is 2.90. The summed E-state index contributed by atoms with van der Waals surface area (Å²) in [6.45, 7) is 1.30. The Bertz CT molecular complexity index is 1040. The number of benzene rings is 3. The van der Waals surface area contributed by atoms with Gasteiger partial charge in [-0.3, -0.25) is 10.2 Å². The largest absolute Gasteiger partial charge is 0.497 e. The van der Waals surface area contributed by atoms with E-state index in [-0.39, 0.29) is 5.91 Å². The molecule has 3 aromatic carbocycles. The summed E-state index contributed by atoms with van der Waals surface area (Å²) in [4.78, 5) is 11.4. The fourth-order valence-corrected chi connectivity index (χ4v) is 3.10. The van der Waals surface area contributed by atoms with E-state index in [2.05, 4.69) is 15.7 Å². The maximum absolute atomic E-state index is 11.4. The minimum Gasteiger partial charge on any atom is -0.497 e. The van der Waals surface area contributed by atoms with Crippen LogP contribution in [0.25, 0.3) is 0 Å². The van der Waals surface area contributed by atoms with Crippen molar-refractivity contribution >= 4 is 17.3 Å². The van der Waals surface area contributed by atoms with Gasteiger partial charge in [-0.1, -0.05) is 0 Å². The smallest absolute Gasteiger partial charge is 0.265 e. The SMILES string of the molecule is COc1ccc(N=Nc2ccc(OCCCCCCOc3ccc(C(=O)NN)cc3)cc2)cc1. The topological polar surface area (TPSA) is 108 Å². The van der Waals surface area contributed by atoms with E-state index >= 15 is 0 Å². The minimum atomic E-state index is -0.319. The molecule has 0 aliphatic heterocycles. The van der Waals surface area contributed by atoms with Gasteiger partial charge in [0.2, 0.25) is 0 Å². The number of nitrogens with two attached hydrogens (primary N) is 1. The van der Waals surface area contributed by atoms with Crippen LogP contribution in [0.3, 0.4) is 0 Å². The van der Waals surface area contributed by atoms with Crippen molar-refractivity contribution < 1.29 is 19.0 Å². The van der Waals surface area contributed by atoms with Crippen LogP contribution in [0.4, 0.5) is 11.4 Å². The molecule has 3 N–H and O–H groups in total. The van der Waals surface area contributed by atoms with E-state index < -0.39 is 0 Å². The van der Waals surface area contributed by atoms with Crippen molar-refractivity contribution in [3.8, 4) is 17.2 Å². The van der Waals surface area contributed by atoms with Crippen molar-refractivity contribution in [3.05, 3.63) is 78.4 Å². The standard InChI is InChI=1S/C26H30N4O4/c1-32-23-14-8-21(9-15-23)29-30-22-10-16-25(17-11-22)34-19-5-3-2-4-18-33-24-12-6-20(7-13-24)26(31)28-27/h6-17H,2-5,18-19,27H2,1H3,(H,28,31). The number of carbonyl (C=O) groups excluding carboxylic acids is 1. The number of hydrazine groups is 1. The Labute approximate surface area is 199 Å². The molecule has 0 bridgehead atoms. The third kappa shape index (κ3) is 8.22. The Kier molecular flexibility index (Phi) is 9.89. The molecule has 0 aliphatic carbocycles. The number of azo groups is 1. The predicted molar refractivity (Wildman–Crippen MR) is 131 cm³/mol. The molecular formula is C26H30N4O4. The van der Waals surface area contributed by atoms with Crippen LogP contribution in [0.2, 0.25) is 0 Å². The van der Waals surface area contributed by atoms with Gasteiger partial charge in [-0.05, 0) is 98.5 Å². The fraction of sp³-hybridized carbons (Fsp3) is 0.269. The number of hydrogen-bond acceptors (Lipinski definition) is 7. The number of hydrogen-bond donors (Lipinski definition) is 2. The summed E-state index contributed by atoms with van der Waals surface area (Å²) in [6.07, 6.45) is 4.05. The summed E-state index contributed by atoms with van der Waals surface area (Å²) in [5, 5.41) is 8.47. The van der Waals surface area contributed by atoms with Crippen molar-refractivity contribution in [2.24, 2.45) is 16.1 Å². The second-order valence-corrected chi connectivity index (χ2v) is 7.50. The highest BCUT2D eigenvalue weighted by atomic mass is 16.5. The summed E-state index contributed by atoms with van der Waals surface area (Å²) < 4.78 is 16.6. The number of nitrogens with zero attached hydrogens (tertiary/aromatic N) is 2. The first-order valence-corrected chi connectivity index (χ1v) is 11.2. The molecular weight excluding hydrogens is 432 g/mol. The highest BCUT2D eigenvalue weighted by molar-refractivity contribution is 5.93. The molecule has 0 radical (unpaired) electrons. The summed E-state index contributed by atoms with van der Waals surface area (Å²) in [5.74, 6) is 7.14. The molecule has 0 saturated carbocycles. The highest BCUT2D eigenvalue weighted by Crippen LogP contribution is 2.23. The van der Waals surface area contributed by atoms with Crippen LogP contribution in [0, 0.1) is 0 Å². The van der Waals surface area contributed by atoms with E-state index in [0.29, 0.717) is 18.8 Å². The lowest BCUT2D eigenvalue weighted by Gasteiger charge is -2.08. The van der Waals surface area contributed by atoms with Crippen molar-refractivity contribution in [2.75, 3.05) is 20.3 Å². The van der Waals surface area contributed by atoms with E-state index in [1.807, 2.05) is 48.5 Å². The monoisotopic (exact) mass is 462 g/mol. The molecule has 1 amide bonds. The van der Waals surface area contributed by atoms with Gasteiger partial charge in [0, 0.05) is 5.56 Å². The van der Waals surface area contributed by atoms with E-state index in [4.69, 9.17) is 20.1 Å². The molecule has 3 rings (SSSR count). The van der Waals surface area contributed by atoms with Crippen LogP contribution in [-0.4, -0.2) is 26.2 Å². The first kappa shape index (κ1) is 24.7. The molecule has 0 atom stereocenters. The van der Waals surface area contributed by atoms with E-state index in [9.17, 15) is 4.79 Å². The molecule has 0 aliphatic rings. The van der Waals surface area contributed by atoms with Gasteiger partial charge in [0.15, 0.2) is 0 Å². The summed E-state index contributed by atoms with van der Waals surface area (Å²) in [7, 11) is 1.63. The molecule has 0 fully saturated rings. The van der Waals surface area contributed by atoms with Crippen LogP contribution >= 0.6 is 0 Å². The van der Waals surface area contributed by atoms with Crippen LogP contribution in [-0.2, 0) is 0 Å². The number of methoxy groups -OCH3 is 1. The molecule has 0 heterocycles. The Morgan fingerprint density at radius 1 is 0.706 bits per heavy atom. The van der Waals surface area contributed by atoms with Crippen molar-refractivity contribution in [1.82, 2.24) is 5.43 Å². The van der Waals surface area contributed by atoms with E-state index in [1.54, 1.807) is 31.4 Å². The zero-order valence-corrected chi connectivity index (χ0v) is 19.3. The number of nitrogen functional groups attached to an aromatic ring is 1. The van der Waals surface area contributed by atoms with Gasteiger partial charge in [-0.15, -0.1) is 0 Å². The van der Waals surface area contributed by atoms with Crippen LogP contribution < -0.4 is 25.5 Å². The van der Waals surface area contributed by atoms with Gasteiger partial charge in [0.05, 0.1) is 31.7 Å². The molecule has 0 unspecified atom stereocenters. The van der Waals surface area contributed by atoms with Gasteiger partial charge >= 0.3 is 0 Å². The number of nitrogens with one attached hydrogen (secondary N) is 1. The number of unbranched alkanes of at least 4 members (excludes halogenated alkanes) is 3. The summed E-state index contributed by atoms with van der Waals surface area (Å²) in [6, 6.07) is 21.9. The average molecular weight is 463 g/mol. The number of ether oxygens (including phenoxy) is 3. The minimum absolute atomic E-state index is 0.319. The number of carbonyl (C=O) groups is 1. The normalized spacial score (nSPS) is 10.8. The lowest BCUT2D eigenvalue weighted by molar-refractivity contribution is 0.0953. The predicted octanol–water partition coefficient (Wildman–Crippen LogP) is 5.73. The second kappa shape index (κ2) is 13.6. The Morgan fingerprint density at radius 3 is 1.59 bits per heavy atom. The van der Waals surface area contributed by atoms with Gasteiger partial charge < -0.3 is 14.2 Å². The van der Waals surface area contributed by atoms with Crippen LogP contribution in [0.1, 0.15) is 36.0 Å². The fourth-order valence-electron chi connectivity index (χ4n) is 3.10. The third-order valence-electron chi connectivity index (χ3n) is 5.01. The molecule has 0 spiro atoms. The number of amides is 1. The van der Waals surface area contributed by atoms with Crippen molar-refractivity contribution in [1.29, 1.82) is 0 Å². The zero-order valence-electron chi connectivity index (χ0n) is 19.3. The Balaban J connectivity index is 1.26. The van der Waals surface area contributed by atoms with E-state index in [0.717, 1.165) is 54.3 Å². The van der Waals surface area contributed by atoms with Crippen molar-refractivity contribution in [3.63, 3.8) is 0 Å². The van der Waals surface area contributed by atoms with Gasteiger partial charge in [0.1, 0.15) is 17.2 Å². The maximum atomic E-state index is 11.4. The number of rotatable bonds is 13. The lowest BCUT2D eigenvalue weighted by Crippen LogP contribution is -2.29. The molecule has 3 aromatic rings. The third-order valence-corrected chi connectivity index (χ3v) is 5.01. The lowest BCUT2D eigenvalue weighted by atomic mass is 10.2. The van der Waals surface area contributed by atoms with Crippen LogP contribution in [0.15, 0.2) is 83.0 Å². The van der Waals surface area contributed by atoms with Gasteiger partial charge in [-0.25, -0.2) is 5.84 Å². The molecule has 178 valence electrons. The Morgan fingerprint density at radius 2 is 1.15 bits per heavy atom. The molecule has 8 heteroatoms. The second-order valence-electron chi connectivity index (χ2n) is 7.50. The van der Waals surface area contributed by atoms with E-state index in [1.165, 1.54) is 0 Å². The van der Waals surface area contributed by atoms with Crippen LogP contribution in [0.5, 0.6) is 17.2 Å². The van der Waals surface area contributed by atoms with Crippen molar-refractivity contribution in [2.45, 2.75) is 25.7 Å². The summed E-state index contributed by atoms with van der Waals surface area (Å²) >= 11 is 0. The molecule has 0 aromatic heterocycles. The highest BCUT2D eigenvalue weighted by Gasteiger charge is 2.03. The quantitative estimate of drug-likeness (QED) is 0.111. The molecule has 0 saturated heterocycles. The Hall–Kier alpha value is -3.91. The van der Waals surface area contributed by atoms with Gasteiger partial charge in [0.25, 0.3) is 5.91 Å².